The maximum Gasteiger partial charge on any atom is 0.243 e. The largest absolute Gasteiger partial charge is 0.497 e. The number of methoxy groups -OCH3 is 1. The molecule has 9 heteroatoms. The van der Waals surface area contributed by atoms with Crippen LogP contribution in [0.3, 0.4) is 0 Å². The van der Waals surface area contributed by atoms with Gasteiger partial charge >= 0.3 is 0 Å². The second-order valence-corrected chi connectivity index (χ2v) is 11.7. The molecule has 38 heavy (non-hydrogen) atoms. The predicted molar refractivity (Wildman–Crippen MR) is 148 cm³/mol. The lowest BCUT2D eigenvalue weighted by Gasteiger charge is -2.29. The number of carbonyl (C=O) groups is 2. The van der Waals surface area contributed by atoms with Gasteiger partial charge < -0.3 is 15.0 Å². The summed E-state index contributed by atoms with van der Waals surface area (Å²) in [5.74, 6) is 0.425. The Morgan fingerprint density at radius 1 is 1.00 bits per heavy atom. The first-order valence-corrected chi connectivity index (χ1v) is 15.0. The molecule has 0 saturated carbocycles. The molecule has 1 aliphatic rings. The number of hydrogen-bond acceptors (Lipinski definition) is 5. The molecule has 0 aromatic heterocycles. The van der Waals surface area contributed by atoms with E-state index in [2.05, 4.69) is 12.2 Å². The molecule has 2 aromatic rings. The van der Waals surface area contributed by atoms with Crippen LogP contribution < -0.4 is 10.1 Å². The fourth-order valence-electron chi connectivity index (χ4n) is 4.55. The maximum absolute atomic E-state index is 13.4. The van der Waals surface area contributed by atoms with Crippen molar-refractivity contribution < 1.29 is 22.7 Å². The Hall–Kier alpha value is -2.91. The minimum Gasteiger partial charge on any atom is -0.497 e. The summed E-state index contributed by atoms with van der Waals surface area (Å²) in [6.07, 6.45) is 5.46. The molecule has 0 aliphatic carbocycles. The van der Waals surface area contributed by atoms with Crippen LogP contribution in [0.25, 0.3) is 0 Å². The van der Waals surface area contributed by atoms with Crippen LogP contribution >= 0.6 is 0 Å². The Labute approximate surface area is 227 Å². The summed E-state index contributed by atoms with van der Waals surface area (Å²) >= 11 is 0. The van der Waals surface area contributed by atoms with Crippen LogP contribution in [0.2, 0.25) is 0 Å². The molecule has 1 fully saturated rings. The Bertz CT molecular complexity index is 1140. The van der Waals surface area contributed by atoms with Gasteiger partial charge in [-0.15, -0.1) is 0 Å². The van der Waals surface area contributed by atoms with Crippen molar-refractivity contribution in [1.29, 1.82) is 0 Å². The van der Waals surface area contributed by atoms with Crippen LogP contribution in [0.5, 0.6) is 5.75 Å². The van der Waals surface area contributed by atoms with E-state index >= 15 is 0 Å². The van der Waals surface area contributed by atoms with Crippen molar-refractivity contribution in [1.82, 2.24) is 14.5 Å². The number of aryl methyl sites for hydroxylation is 1. The Morgan fingerprint density at radius 3 is 2.24 bits per heavy atom. The van der Waals surface area contributed by atoms with E-state index < -0.39 is 16.1 Å². The molecule has 1 aliphatic heterocycles. The van der Waals surface area contributed by atoms with Crippen LogP contribution in [-0.4, -0.2) is 62.2 Å². The standard InChI is InChI=1S/C29H41N3O5S/c1-4-5-6-19-30-29(34)23(2)32(22-25-9-14-26(37-3)15-10-25)28(33)18-13-24-11-16-27(17-12-24)38(35,36)31-20-7-8-21-31/h9-12,14-17,23H,4-8,13,18-22H2,1-3H3,(H,30,34)/t23-/m1/s1. The molecule has 2 aromatic carbocycles. The quantitative estimate of drug-likeness (QED) is 0.362. The lowest BCUT2D eigenvalue weighted by molar-refractivity contribution is -0.140. The third kappa shape index (κ3) is 8.04. The third-order valence-electron chi connectivity index (χ3n) is 7.01. The number of benzene rings is 2. The van der Waals surface area contributed by atoms with Gasteiger partial charge in [0, 0.05) is 32.6 Å². The highest BCUT2D eigenvalue weighted by Crippen LogP contribution is 2.22. The van der Waals surface area contributed by atoms with E-state index in [1.165, 1.54) is 4.31 Å². The van der Waals surface area contributed by atoms with Crippen molar-refractivity contribution in [2.45, 2.75) is 76.3 Å². The maximum atomic E-state index is 13.4. The highest BCUT2D eigenvalue weighted by molar-refractivity contribution is 7.89. The van der Waals surface area contributed by atoms with Gasteiger partial charge in [-0.2, -0.15) is 4.31 Å². The van der Waals surface area contributed by atoms with Crippen molar-refractivity contribution in [3.05, 3.63) is 59.7 Å². The molecule has 208 valence electrons. The number of sulfonamides is 1. The molecular formula is C29H41N3O5S. The van der Waals surface area contributed by atoms with Gasteiger partial charge in [0.2, 0.25) is 21.8 Å². The van der Waals surface area contributed by atoms with Crippen LogP contribution in [-0.2, 0) is 32.6 Å². The smallest absolute Gasteiger partial charge is 0.243 e. The molecule has 0 unspecified atom stereocenters. The summed E-state index contributed by atoms with van der Waals surface area (Å²) in [6.45, 7) is 5.89. The van der Waals surface area contributed by atoms with Crippen molar-refractivity contribution in [3.63, 3.8) is 0 Å². The lowest BCUT2D eigenvalue weighted by Crippen LogP contribution is -2.47. The van der Waals surface area contributed by atoms with Crippen molar-refractivity contribution in [2.24, 2.45) is 0 Å². The van der Waals surface area contributed by atoms with Crippen LogP contribution in [0.4, 0.5) is 0 Å². The Morgan fingerprint density at radius 2 is 1.63 bits per heavy atom. The second kappa shape index (κ2) is 14.3. The molecule has 1 heterocycles. The van der Waals surface area contributed by atoms with Gasteiger partial charge in [-0.05, 0) is 68.0 Å². The first-order valence-electron chi connectivity index (χ1n) is 13.6. The minimum atomic E-state index is -3.47. The van der Waals surface area contributed by atoms with Gasteiger partial charge in [0.05, 0.1) is 12.0 Å². The number of rotatable bonds is 14. The number of hydrogen-bond donors (Lipinski definition) is 1. The van der Waals surface area contributed by atoms with E-state index in [-0.39, 0.29) is 23.1 Å². The fraction of sp³-hybridized carbons (Fsp3) is 0.517. The normalized spacial score (nSPS) is 14.7. The van der Waals surface area contributed by atoms with E-state index in [9.17, 15) is 18.0 Å². The first kappa shape index (κ1) is 29.6. The Balaban J connectivity index is 1.67. The van der Waals surface area contributed by atoms with Gasteiger partial charge in [-0.1, -0.05) is 44.0 Å². The van der Waals surface area contributed by atoms with Gasteiger partial charge in [-0.3, -0.25) is 9.59 Å². The predicted octanol–water partition coefficient (Wildman–Crippen LogP) is 4.14. The molecule has 1 atom stereocenters. The zero-order valence-electron chi connectivity index (χ0n) is 22.8. The minimum absolute atomic E-state index is 0.134. The zero-order valence-corrected chi connectivity index (χ0v) is 23.6. The summed E-state index contributed by atoms with van der Waals surface area (Å²) in [7, 11) is -1.87. The lowest BCUT2D eigenvalue weighted by atomic mass is 10.1. The number of ether oxygens (including phenoxy) is 1. The van der Waals surface area contributed by atoms with E-state index in [0.29, 0.717) is 32.6 Å². The summed E-state index contributed by atoms with van der Waals surface area (Å²) in [5.41, 5.74) is 1.78. The van der Waals surface area contributed by atoms with Gasteiger partial charge in [-0.25, -0.2) is 8.42 Å². The first-order chi connectivity index (χ1) is 18.3. The third-order valence-corrected chi connectivity index (χ3v) is 8.93. The van der Waals surface area contributed by atoms with Crippen molar-refractivity contribution in [3.8, 4) is 5.75 Å². The monoisotopic (exact) mass is 543 g/mol. The van der Waals surface area contributed by atoms with E-state index in [4.69, 9.17) is 4.74 Å². The SMILES string of the molecule is CCCCCNC(=O)[C@@H](C)N(Cc1ccc(OC)cc1)C(=O)CCc1ccc(S(=O)(=O)N2CCCC2)cc1. The number of unbranched alkanes of at least 4 members (excludes halogenated alkanes) is 2. The molecular weight excluding hydrogens is 502 g/mol. The van der Waals surface area contributed by atoms with Crippen molar-refractivity contribution in [2.75, 3.05) is 26.7 Å². The molecule has 1 saturated heterocycles. The fourth-order valence-corrected chi connectivity index (χ4v) is 6.06. The molecule has 3 rings (SSSR count). The summed E-state index contributed by atoms with van der Waals surface area (Å²) < 4.78 is 32.3. The molecule has 0 radical (unpaired) electrons. The van der Waals surface area contributed by atoms with Crippen molar-refractivity contribution >= 4 is 21.8 Å². The zero-order chi connectivity index (χ0) is 27.5. The van der Waals surface area contributed by atoms with E-state index in [1.54, 1.807) is 43.2 Å². The Kier molecular flexibility index (Phi) is 11.2. The topological polar surface area (TPSA) is 96.0 Å². The van der Waals surface area contributed by atoms with E-state index in [0.717, 1.165) is 49.0 Å². The number of nitrogens with one attached hydrogen (secondary N) is 1. The molecule has 0 bridgehead atoms. The summed E-state index contributed by atoms with van der Waals surface area (Å²) in [5, 5.41) is 2.96. The number of amides is 2. The number of carbonyl (C=O) groups excluding carboxylic acids is 2. The molecule has 2 amide bonds. The second-order valence-electron chi connectivity index (χ2n) is 9.80. The summed E-state index contributed by atoms with van der Waals surface area (Å²) in [4.78, 5) is 28.2. The molecule has 8 nitrogen and oxygen atoms in total. The molecule has 0 spiro atoms. The van der Waals surface area contributed by atoms with Crippen LogP contribution in [0, 0.1) is 0 Å². The highest BCUT2D eigenvalue weighted by Gasteiger charge is 2.28. The number of nitrogens with zero attached hydrogens (tertiary/aromatic N) is 2. The van der Waals surface area contributed by atoms with Gasteiger partial charge in [0.1, 0.15) is 11.8 Å². The average Bonchev–Trinajstić information content (AvgIpc) is 3.49. The summed E-state index contributed by atoms with van der Waals surface area (Å²) in [6, 6.07) is 13.6. The highest BCUT2D eigenvalue weighted by atomic mass is 32.2. The average molecular weight is 544 g/mol. The van der Waals surface area contributed by atoms with Gasteiger partial charge in [0.25, 0.3) is 0 Å². The van der Waals surface area contributed by atoms with Crippen LogP contribution in [0.15, 0.2) is 53.4 Å². The van der Waals surface area contributed by atoms with Crippen LogP contribution in [0.1, 0.15) is 63.5 Å². The molecule has 1 N–H and O–H groups in total. The van der Waals surface area contributed by atoms with Gasteiger partial charge in [0.15, 0.2) is 0 Å². The van der Waals surface area contributed by atoms with E-state index in [1.807, 2.05) is 24.3 Å².